The minimum atomic E-state index is -0.379. The Hall–Kier alpha value is -1.32. The predicted molar refractivity (Wildman–Crippen MR) is 49.8 cm³/mol. The van der Waals surface area contributed by atoms with E-state index in [4.69, 9.17) is 0 Å². The summed E-state index contributed by atoms with van der Waals surface area (Å²) in [7, 11) is 1.07. The lowest BCUT2D eigenvalue weighted by atomic mass is 9.75. The standard InChI is InChI=1S/C8H10BNO2/c1-9-6-7-2-4-8(5-3-7)10(11)12/h2-5,9H,6H2,1H3. The van der Waals surface area contributed by atoms with E-state index in [2.05, 4.69) is 6.82 Å². The van der Waals surface area contributed by atoms with Gasteiger partial charge in [-0.3, -0.25) is 10.1 Å². The van der Waals surface area contributed by atoms with Crippen molar-refractivity contribution in [2.24, 2.45) is 0 Å². The van der Waals surface area contributed by atoms with Gasteiger partial charge in [0, 0.05) is 12.1 Å². The number of nitrogens with zero attached hydrogens (tertiary/aromatic N) is 1. The van der Waals surface area contributed by atoms with Crippen molar-refractivity contribution in [1.82, 2.24) is 0 Å². The molecule has 0 unspecified atom stereocenters. The summed E-state index contributed by atoms with van der Waals surface area (Å²) in [6.45, 7) is 2.08. The number of non-ortho nitro benzene ring substituents is 1. The molecule has 0 radical (unpaired) electrons. The molecule has 0 amide bonds. The van der Waals surface area contributed by atoms with Gasteiger partial charge in [-0.2, -0.15) is 0 Å². The first-order chi connectivity index (χ1) is 5.74. The number of hydrogen-bond donors (Lipinski definition) is 0. The van der Waals surface area contributed by atoms with Crippen LogP contribution in [-0.2, 0) is 6.32 Å². The average Bonchev–Trinajstić information content (AvgIpc) is 2.06. The molecule has 3 nitrogen and oxygen atoms in total. The zero-order valence-electron chi connectivity index (χ0n) is 6.99. The van der Waals surface area contributed by atoms with Crippen LogP contribution >= 0.6 is 0 Å². The molecule has 0 heterocycles. The number of benzene rings is 1. The second-order valence-electron chi connectivity index (χ2n) is 2.67. The highest BCUT2D eigenvalue weighted by molar-refractivity contribution is 6.32. The Balaban J connectivity index is 2.78. The molecule has 0 aromatic heterocycles. The minimum Gasteiger partial charge on any atom is -0.258 e. The van der Waals surface area contributed by atoms with Gasteiger partial charge in [-0.15, -0.1) is 0 Å². The third kappa shape index (κ3) is 2.08. The fourth-order valence-electron chi connectivity index (χ4n) is 1.07. The molecular weight excluding hydrogens is 153 g/mol. The highest BCUT2D eigenvalue weighted by Crippen LogP contribution is 2.11. The first-order valence-corrected chi connectivity index (χ1v) is 3.97. The zero-order chi connectivity index (χ0) is 8.97. The minimum absolute atomic E-state index is 0.162. The summed E-state index contributed by atoms with van der Waals surface area (Å²) in [4.78, 5) is 9.90. The van der Waals surface area contributed by atoms with Gasteiger partial charge in [0.15, 0.2) is 0 Å². The van der Waals surface area contributed by atoms with E-state index in [1.807, 2.05) is 12.1 Å². The van der Waals surface area contributed by atoms with Gasteiger partial charge in [0.2, 0.25) is 0 Å². The number of hydrogen-bond acceptors (Lipinski definition) is 2. The second kappa shape index (κ2) is 3.90. The smallest absolute Gasteiger partial charge is 0.258 e. The van der Waals surface area contributed by atoms with Crippen LogP contribution in [0.25, 0.3) is 0 Å². The molecule has 1 rings (SSSR count). The molecule has 0 N–H and O–H groups in total. The molecule has 0 aliphatic heterocycles. The summed E-state index contributed by atoms with van der Waals surface area (Å²) in [5, 5.41) is 10.3. The molecule has 12 heavy (non-hydrogen) atoms. The Morgan fingerprint density at radius 2 is 2.00 bits per heavy atom. The fraction of sp³-hybridized carbons (Fsp3) is 0.250. The lowest BCUT2D eigenvalue weighted by Gasteiger charge is -1.95. The van der Waals surface area contributed by atoms with Crippen molar-refractivity contribution in [3.8, 4) is 0 Å². The van der Waals surface area contributed by atoms with Crippen LogP contribution in [0, 0.1) is 10.1 Å². The average molecular weight is 163 g/mol. The molecule has 62 valence electrons. The van der Waals surface area contributed by atoms with Crippen LogP contribution in [-0.4, -0.2) is 12.2 Å². The molecule has 4 heteroatoms. The van der Waals surface area contributed by atoms with E-state index in [9.17, 15) is 10.1 Å². The molecule has 0 saturated heterocycles. The molecule has 0 aliphatic carbocycles. The first kappa shape index (κ1) is 8.78. The number of rotatable bonds is 3. The normalized spacial score (nSPS) is 9.42. The predicted octanol–water partition coefficient (Wildman–Crippen LogP) is 1.58. The van der Waals surface area contributed by atoms with Gasteiger partial charge in [0.25, 0.3) is 5.69 Å². The zero-order valence-corrected chi connectivity index (χ0v) is 6.99. The Morgan fingerprint density at radius 3 is 2.42 bits per heavy atom. The van der Waals surface area contributed by atoms with Gasteiger partial charge in [-0.05, 0) is 0 Å². The van der Waals surface area contributed by atoms with Crippen LogP contribution in [0.2, 0.25) is 6.82 Å². The molecule has 0 aliphatic rings. The third-order valence-corrected chi connectivity index (χ3v) is 1.69. The van der Waals surface area contributed by atoms with Crippen molar-refractivity contribution in [2.45, 2.75) is 13.1 Å². The first-order valence-electron chi connectivity index (χ1n) is 3.97. The molecule has 0 saturated carbocycles. The van der Waals surface area contributed by atoms with Crippen molar-refractivity contribution < 1.29 is 4.92 Å². The van der Waals surface area contributed by atoms with Crippen LogP contribution in [0.15, 0.2) is 24.3 Å². The number of nitro groups is 1. The van der Waals surface area contributed by atoms with Crippen molar-refractivity contribution >= 4 is 13.0 Å². The van der Waals surface area contributed by atoms with Gasteiger partial charge < -0.3 is 0 Å². The van der Waals surface area contributed by atoms with Crippen LogP contribution in [0.3, 0.4) is 0 Å². The monoisotopic (exact) mass is 163 g/mol. The lowest BCUT2D eigenvalue weighted by Crippen LogP contribution is -1.92. The topological polar surface area (TPSA) is 43.1 Å². The van der Waals surface area contributed by atoms with Crippen molar-refractivity contribution in [1.29, 1.82) is 0 Å². The Kier molecular flexibility index (Phi) is 2.85. The maximum Gasteiger partial charge on any atom is 0.269 e. The van der Waals surface area contributed by atoms with E-state index in [0.29, 0.717) is 0 Å². The van der Waals surface area contributed by atoms with Gasteiger partial charge >= 0.3 is 0 Å². The van der Waals surface area contributed by atoms with E-state index in [-0.39, 0.29) is 10.6 Å². The Bertz CT molecular complexity index is 271. The largest absolute Gasteiger partial charge is 0.269 e. The van der Waals surface area contributed by atoms with E-state index >= 15 is 0 Å². The third-order valence-electron chi connectivity index (χ3n) is 1.69. The maximum absolute atomic E-state index is 10.3. The fourth-order valence-corrected chi connectivity index (χ4v) is 1.07. The molecule has 0 bridgehead atoms. The molecule has 0 atom stereocenters. The van der Waals surface area contributed by atoms with Gasteiger partial charge in [-0.25, -0.2) is 0 Å². The van der Waals surface area contributed by atoms with E-state index < -0.39 is 0 Å². The summed E-state index contributed by atoms with van der Waals surface area (Å²) in [6.07, 6.45) is 0.984. The molecule has 1 aromatic carbocycles. The van der Waals surface area contributed by atoms with Crippen molar-refractivity contribution in [3.63, 3.8) is 0 Å². The quantitative estimate of drug-likeness (QED) is 0.385. The Morgan fingerprint density at radius 1 is 1.42 bits per heavy atom. The molecule has 0 spiro atoms. The highest BCUT2D eigenvalue weighted by atomic mass is 16.6. The summed E-state index contributed by atoms with van der Waals surface area (Å²) in [5.41, 5.74) is 1.32. The van der Waals surface area contributed by atoms with E-state index in [1.54, 1.807) is 12.1 Å². The van der Waals surface area contributed by atoms with Gasteiger partial charge in [0.1, 0.15) is 7.28 Å². The lowest BCUT2D eigenvalue weighted by molar-refractivity contribution is -0.384. The van der Waals surface area contributed by atoms with Crippen LogP contribution in [0.5, 0.6) is 0 Å². The number of nitro benzene ring substituents is 1. The van der Waals surface area contributed by atoms with E-state index in [0.717, 1.165) is 19.2 Å². The molecule has 1 aromatic rings. The van der Waals surface area contributed by atoms with Crippen molar-refractivity contribution in [3.05, 3.63) is 39.9 Å². The van der Waals surface area contributed by atoms with Crippen LogP contribution < -0.4 is 0 Å². The summed E-state index contributed by atoms with van der Waals surface area (Å²) < 4.78 is 0. The highest BCUT2D eigenvalue weighted by Gasteiger charge is 2.02. The SMILES string of the molecule is CBCc1ccc([N+](=O)[O-])cc1. The summed E-state index contributed by atoms with van der Waals surface area (Å²) in [6, 6.07) is 6.71. The summed E-state index contributed by atoms with van der Waals surface area (Å²) in [5.74, 6) is 0. The van der Waals surface area contributed by atoms with E-state index in [1.165, 1.54) is 0 Å². The molecule has 0 fully saturated rings. The maximum atomic E-state index is 10.3. The van der Waals surface area contributed by atoms with Crippen LogP contribution in [0.1, 0.15) is 5.56 Å². The Labute approximate surface area is 71.8 Å². The second-order valence-corrected chi connectivity index (χ2v) is 2.67. The van der Waals surface area contributed by atoms with Crippen LogP contribution in [0.4, 0.5) is 5.69 Å². The van der Waals surface area contributed by atoms with Crippen molar-refractivity contribution in [2.75, 3.05) is 0 Å². The van der Waals surface area contributed by atoms with Gasteiger partial charge in [-0.1, -0.05) is 30.8 Å². The van der Waals surface area contributed by atoms with Gasteiger partial charge in [0.05, 0.1) is 4.92 Å². The molecular formula is C8H10BNO2. The summed E-state index contributed by atoms with van der Waals surface area (Å²) >= 11 is 0.